The fraction of sp³-hybridized carbons (Fsp3) is 0.312. The maximum atomic E-state index is 11.6. The molecule has 0 bridgehead atoms. The van der Waals surface area contributed by atoms with Crippen molar-refractivity contribution in [3.05, 3.63) is 56.2 Å². The summed E-state index contributed by atoms with van der Waals surface area (Å²) < 4.78 is 6.81. The van der Waals surface area contributed by atoms with Crippen molar-refractivity contribution >= 4 is 22.4 Å². The lowest BCUT2D eigenvalue weighted by molar-refractivity contribution is 0.527. The van der Waals surface area contributed by atoms with Crippen molar-refractivity contribution in [1.29, 1.82) is 0 Å². The Bertz CT molecular complexity index is 828. The van der Waals surface area contributed by atoms with Crippen LogP contribution < -0.4 is 11.1 Å². The summed E-state index contributed by atoms with van der Waals surface area (Å²) in [6, 6.07) is 8.24. The van der Waals surface area contributed by atoms with Gasteiger partial charge in [0.05, 0.1) is 11.6 Å². The van der Waals surface area contributed by atoms with E-state index < -0.39 is 0 Å². The van der Waals surface area contributed by atoms with E-state index >= 15 is 0 Å². The Morgan fingerprint density at radius 1 is 1.38 bits per heavy atom. The van der Waals surface area contributed by atoms with E-state index in [9.17, 15) is 4.79 Å². The Kier molecular flexibility index (Phi) is 3.69. The maximum absolute atomic E-state index is 11.6. The molecule has 0 aliphatic rings. The summed E-state index contributed by atoms with van der Waals surface area (Å²) in [5, 5.41) is 5.49. The molecular formula is C16H18N2O2S. The van der Waals surface area contributed by atoms with Crippen LogP contribution in [0.15, 0.2) is 38.9 Å². The zero-order chi connectivity index (χ0) is 15.0. The van der Waals surface area contributed by atoms with Gasteiger partial charge in [-0.25, -0.2) is 4.79 Å². The van der Waals surface area contributed by atoms with Gasteiger partial charge in [0.25, 0.3) is 0 Å². The third kappa shape index (κ3) is 2.32. The van der Waals surface area contributed by atoms with Crippen molar-refractivity contribution in [3.63, 3.8) is 0 Å². The van der Waals surface area contributed by atoms with Crippen LogP contribution in [-0.2, 0) is 13.5 Å². The van der Waals surface area contributed by atoms with Gasteiger partial charge in [-0.05, 0) is 48.2 Å². The first-order chi connectivity index (χ1) is 10.2. The second kappa shape index (κ2) is 5.50. The summed E-state index contributed by atoms with van der Waals surface area (Å²) in [4.78, 5) is 12.9. The van der Waals surface area contributed by atoms with E-state index in [1.54, 1.807) is 18.4 Å². The highest BCUT2D eigenvalue weighted by molar-refractivity contribution is 7.10. The quantitative estimate of drug-likeness (QED) is 0.805. The minimum atomic E-state index is -0.325. The first-order valence-electron chi connectivity index (χ1n) is 6.98. The number of oxazole rings is 1. The van der Waals surface area contributed by atoms with Crippen molar-refractivity contribution in [3.8, 4) is 0 Å². The second-order valence-electron chi connectivity index (χ2n) is 5.04. The molecule has 0 amide bonds. The van der Waals surface area contributed by atoms with Crippen LogP contribution in [0.25, 0.3) is 11.1 Å². The molecule has 0 saturated heterocycles. The highest BCUT2D eigenvalue weighted by Gasteiger charge is 2.18. The van der Waals surface area contributed by atoms with Crippen LogP contribution in [-0.4, -0.2) is 11.6 Å². The van der Waals surface area contributed by atoms with Crippen LogP contribution in [0.5, 0.6) is 0 Å². The molecule has 3 aromatic rings. The molecule has 2 aromatic heterocycles. The lowest BCUT2D eigenvalue weighted by Gasteiger charge is -2.17. The first kappa shape index (κ1) is 14.1. The third-order valence-corrected chi connectivity index (χ3v) is 4.89. The molecule has 3 rings (SSSR count). The number of hydrogen-bond acceptors (Lipinski definition) is 4. The van der Waals surface area contributed by atoms with Crippen LogP contribution in [0.1, 0.15) is 29.0 Å². The predicted octanol–water partition coefficient (Wildman–Crippen LogP) is 3.06. The molecule has 21 heavy (non-hydrogen) atoms. The summed E-state index contributed by atoms with van der Waals surface area (Å²) in [5.41, 5.74) is 3.92. The number of nitrogens with one attached hydrogen (secondary N) is 1. The Hall–Kier alpha value is -1.85. The van der Waals surface area contributed by atoms with E-state index in [-0.39, 0.29) is 11.8 Å². The largest absolute Gasteiger partial charge is 0.419 e. The lowest BCUT2D eigenvalue weighted by Crippen LogP contribution is -2.17. The van der Waals surface area contributed by atoms with Crippen LogP contribution >= 0.6 is 11.3 Å². The van der Waals surface area contributed by atoms with Crippen LogP contribution in [0.2, 0.25) is 0 Å². The summed E-state index contributed by atoms with van der Waals surface area (Å²) in [6.07, 6.45) is 1.01. The highest BCUT2D eigenvalue weighted by Crippen LogP contribution is 2.31. The van der Waals surface area contributed by atoms with Gasteiger partial charge < -0.3 is 9.73 Å². The van der Waals surface area contributed by atoms with Gasteiger partial charge in [0.1, 0.15) is 0 Å². The highest BCUT2D eigenvalue weighted by atomic mass is 32.1. The van der Waals surface area contributed by atoms with Gasteiger partial charge in [-0.1, -0.05) is 13.0 Å². The molecule has 5 heteroatoms. The Balaban J connectivity index is 2.11. The van der Waals surface area contributed by atoms with E-state index in [0.29, 0.717) is 5.58 Å². The molecule has 0 radical (unpaired) electrons. The minimum Gasteiger partial charge on any atom is -0.408 e. The average Bonchev–Trinajstić information content (AvgIpc) is 3.06. The standard InChI is InChI=1S/C16H18N2O2S/c1-4-10-7-8-21-15(10)14(17-2)11-5-6-12-13(9-11)20-16(19)18(12)3/h5-9,14,17H,4H2,1-3H3. The number of hydrogen-bond donors (Lipinski definition) is 1. The summed E-state index contributed by atoms with van der Waals surface area (Å²) >= 11 is 1.76. The van der Waals surface area contributed by atoms with Crippen molar-refractivity contribution in [2.75, 3.05) is 7.05 Å². The molecule has 0 saturated carbocycles. The van der Waals surface area contributed by atoms with E-state index in [1.807, 2.05) is 19.2 Å². The number of thiophene rings is 1. The fourth-order valence-electron chi connectivity index (χ4n) is 2.67. The van der Waals surface area contributed by atoms with Gasteiger partial charge in [-0.3, -0.25) is 4.57 Å². The zero-order valence-electron chi connectivity index (χ0n) is 12.3. The summed E-state index contributed by atoms with van der Waals surface area (Å²) in [6.45, 7) is 2.16. The Morgan fingerprint density at radius 3 is 2.90 bits per heavy atom. The van der Waals surface area contributed by atoms with Crippen molar-refractivity contribution < 1.29 is 4.42 Å². The predicted molar refractivity (Wildman–Crippen MR) is 86.1 cm³/mol. The van der Waals surface area contributed by atoms with Gasteiger partial charge in [-0.2, -0.15) is 0 Å². The molecule has 1 N–H and O–H groups in total. The molecule has 110 valence electrons. The lowest BCUT2D eigenvalue weighted by atomic mass is 10.0. The van der Waals surface area contributed by atoms with E-state index in [1.165, 1.54) is 15.0 Å². The SMILES string of the molecule is CCc1ccsc1C(NC)c1ccc2c(c1)oc(=O)n2C. The van der Waals surface area contributed by atoms with Crippen molar-refractivity contribution in [2.24, 2.45) is 7.05 Å². The molecule has 1 unspecified atom stereocenters. The topological polar surface area (TPSA) is 47.2 Å². The number of aryl methyl sites for hydroxylation is 2. The average molecular weight is 302 g/mol. The minimum absolute atomic E-state index is 0.120. The van der Waals surface area contributed by atoms with Crippen LogP contribution in [0, 0.1) is 0 Å². The molecule has 1 atom stereocenters. The number of fused-ring (bicyclic) bond motifs is 1. The van der Waals surface area contributed by atoms with Crippen LogP contribution in [0.3, 0.4) is 0 Å². The first-order valence-corrected chi connectivity index (χ1v) is 7.86. The number of nitrogens with zero attached hydrogens (tertiary/aromatic N) is 1. The molecule has 0 aliphatic carbocycles. The Morgan fingerprint density at radius 2 is 2.19 bits per heavy atom. The summed E-state index contributed by atoms with van der Waals surface area (Å²) in [5.74, 6) is -0.325. The fourth-order valence-corrected chi connectivity index (χ4v) is 3.80. The summed E-state index contributed by atoms with van der Waals surface area (Å²) in [7, 11) is 3.67. The molecule has 2 heterocycles. The van der Waals surface area contributed by atoms with Gasteiger partial charge in [0, 0.05) is 11.9 Å². The van der Waals surface area contributed by atoms with E-state index in [2.05, 4.69) is 29.8 Å². The van der Waals surface area contributed by atoms with Crippen LogP contribution in [0.4, 0.5) is 0 Å². The second-order valence-corrected chi connectivity index (χ2v) is 5.99. The molecule has 1 aromatic carbocycles. The zero-order valence-corrected chi connectivity index (χ0v) is 13.2. The smallest absolute Gasteiger partial charge is 0.408 e. The van der Waals surface area contributed by atoms with Crippen molar-refractivity contribution in [2.45, 2.75) is 19.4 Å². The molecule has 0 spiro atoms. The maximum Gasteiger partial charge on any atom is 0.419 e. The molecule has 4 nitrogen and oxygen atoms in total. The molecular weight excluding hydrogens is 284 g/mol. The molecule has 0 aliphatic heterocycles. The van der Waals surface area contributed by atoms with E-state index in [4.69, 9.17) is 4.42 Å². The van der Waals surface area contributed by atoms with Gasteiger partial charge in [0.2, 0.25) is 0 Å². The monoisotopic (exact) mass is 302 g/mol. The van der Waals surface area contributed by atoms with Gasteiger partial charge in [-0.15, -0.1) is 11.3 Å². The normalized spacial score (nSPS) is 12.9. The molecule has 0 fully saturated rings. The van der Waals surface area contributed by atoms with E-state index in [0.717, 1.165) is 17.5 Å². The van der Waals surface area contributed by atoms with Crippen molar-refractivity contribution in [1.82, 2.24) is 9.88 Å². The third-order valence-electron chi connectivity index (χ3n) is 3.86. The van der Waals surface area contributed by atoms with Gasteiger partial charge in [0.15, 0.2) is 5.58 Å². The van der Waals surface area contributed by atoms with Gasteiger partial charge >= 0.3 is 5.76 Å². The Labute approximate surface area is 127 Å². The number of rotatable bonds is 4. The number of aromatic nitrogens is 1. The number of benzene rings is 1.